The van der Waals surface area contributed by atoms with Crippen molar-refractivity contribution < 1.29 is 14.4 Å². The van der Waals surface area contributed by atoms with E-state index in [2.05, 4.69) is 15.3 Å². The first-order valence-corrected chi connectivity index (χ1v) is 9.28. The van der Waals surface area contributed by atoms with Gasteiger partial charge in [-0.05, 0) is 36.8 Å². The zero-order valence-electron chi connectivity index (χ0n) is 14.9. The van der Waals surface area contributed by atoms with Gasteiger partial charge in [0, 0.05) is 11.4 Å². The summed E-state index contributed by atoms with van der Waals surface area (Å²) in [6, 6.07) is 13.2. The molecule has 28 heavy (non-hydrogen) atoms. The summed E-state index contributed by atoms with van der Waals surface area (Å²) in [5, 5.41) is 15.0. The Bertz CT molecular complexity index is 1030. The van der Waals surface area contributed by atoms with Gasteiger partial charge in [-0.3, -0.25) is 10.1 Å². The molecule has 1 aliphatic heterocycles. The topological polar surface area (TPSA) is 99.4 Å². The second-order valence-electron chi connectivity index (χ2n) is 6.09. The van der Waals surface area contributed by atoms with Gasteiger partial charge in [0.25, 0.3) is 0 Å². The molecule has 0 atom stereocenters. The molecule has 1 N–H and O–H groups in total. The van der Waals surface area contributed by atoms with Crippen molar-refractivity contribution in [3.63, 3.8) is 0 Å². The second-order valence-corrected chi connectivity index (χ2v) is 7.15. The van der Waals surface area contributed by atoms with Gasteiger partial charge in [0.15, 0.2) is 16.5 Å². The van der Waals surface area contributed by atoms with Crippen LogP contribution in [0.4, 0.5) is 11.5 Å². The molecule has 0 spiro atoms. The van der Waals surface area contributed by atoms with Gasteiger partial charge in [0.2, 0.25) is 12.6 Å². The van der Waals surface area contributed by atoms with Crippen molar-refractivity contribution in [1.82, 2.24) is 9.97 Å². The van der Waals surface area contributed by atoms with E-state index in [9.17, 15) is 10.1 Å². The van der Waals surface area contributed by atoms with Crippen LogP contribution in [0.15, 0.2) is 58.7 Å². The molecule has 0 unspecified atom stereocenters. The molecular weight excluding hydrogens is 380 g/mol. The Labute approximate surface area is 165 Å². The van der Waals surface area contributed by atoms with Crippen LogP contribution in [0.5, 0.6) is 11.5 Å². The normalized spacial score (nSPS) is 12.0. The Morgan fingerprint density at radius 1 is 1.14 bits per heavy atom. The molecule has 0 fully saturated rings. The molecule has 0 radical (unpaired) electrons. The predicted molar refractivity (Wildman–Crippen MR) is 104 cm³/mol. The maximum atomic E-state index is 11.7. The van der Waals surface area contributed by atoms with E-state index in [4.69, 9.17) is 9.47 Å². The van der Waals surface area contributed by atoms with Gasteiger partial charge in [-0.15, -0.1) is 0 Å². The van der Waals surface area contributed by atoms with Crippen molar-refractivity contribution in [3.05, 3.63) is 70.0 Å². The van der Waals surface area contributed by atoms with E-state index < -0.39 is 4.92 Å². The van der Waals surface area contributed by atoms with Crippen LogP contribution < -0.4 is 14.8 Å². The number of nitro groups is 1. The van der Waals surface area contributed by atoms with E-state index >= 15 is 0 Å². The average molecular weight is 396 g/mol. The zero-order chi connectivity index (χ0) is 19.5. The van der Waals surface area contributed by atoms with Crippen LogP contribution in [-0.4, -0.2) is 21.7 Å². The van der Waals surface area contributed by atoms with Crippen LogP contribution in [-0.2, 0) is 6.54 Å². The monoisotopic (exact) mass is 396 g/mol. The van der Waals surface area contributed by atoms with Crippen LogP contribution >= 0.6 is 11.8 Å². The highest BCUT2D eigenvalue weighted by Crippen LogP contribution is 2.37. The van der Waals surface area contributed by atoms with Crippen molar-refractivity contribution in [2.75, 3.05) is 12.1 Å². The molecule has 8 nitrogen and oxygen atoms in total. The summed E-state index contributed by atoms with van der Waals surface area (Å²) in [5.41, 5.74) is 1.87. The molecule has 1 aliphatic rings. The van der Waals surface area contributed by atoms with Crippen LogP contribution in [0.3, 0.4) is 0 Å². The lowest BCUT2D eigenvalue weighted by Gasteiger charge is -2.09. The van der Waals surface area contributed by atoms with E-state index in [0.717, 1.165) is 16.0 Å². The number of fused-ring (bicyclic) bond motifs is 1. The average Bonchev–Trinajstić information content (AvgIpc) is 3.16. The lowest BCUT2D eigenvalue weighted by molar-refractivity contribution is -0.387. The molecule has 9 heteroatoms. The maximum Gasteiger partial charge on any atom is 0.343 e. The summed E-state index contributed by atoms with van der Waals surface area (Å²) >= 11 is 1.23. The highest BCUT2D eigenvalue weighted by atomic mass is 32.2. The van der Waals surface area contributed by atoms with Gasteiger partial charge in [-0.25, -0.2) is 9.97 Å². The highest BCUT2D eigenvalue weighted by molar-refractivity contribution is 7.99. The largest absolute Gasteiger partial charge is 0.454 e. The van der Waals surface area contributed by atoms with Crippen molar-refractivity contribution >= 4 is 23.3 Å². The molecule has 3 aromatic rings. The first-order chi connectivity index (χ1) is 13.6. The Morgan fingerprint density at radius 3 is 2.71 bits per heavy atom. The minimum Gasteiger partial charge on any atom is -0.454 e. The fraction of sp³-hybridized carbons (Fsp3) is 0.158. The quantitative estimate of drug-likeness (QED) is 0.376. The van der Waals surface area contributed by atoms with Crippen molar-refractivity contribution in [1.29, 1.82) is 0 Å². The minimum absolute atomic E-state index is 0.145. The van der Waals surface area contributed by atoms with Crippen molar-refractivity contribution in [2.24, 2.45) is 0 Å². The van der Waals surface area contributed by atoms with Gasteiger partial charge in [0.1, 0.15) is 6.33 Å². The second kappa shape index (κ2) is 7.73. The first kappa shape index (κ1) is 18.1. The Hall–Kier alpha value is -3.33. The standard InChI is InChI=1S/C19H16N4O4S/c1-12-2-5-14(6-3-12)28-19-17(23(24)25)18(21-10-22-19)20-9-13-4-7-15-16(8-13)27-11-26-15/h2-8,10H,9,11H2,1H3,(H,20,21,22). The summed E-state index contributed by atoms with van der Waals surface area (Å²) < 4.78 is 10.7. The van der Waals surface area contributed by atoms with Gasteiger partial charge in [0.05, 0.1) is 4.92 Å². The molecule has 4 rings (SSSR count). The molecule has 0 bridgehead atoms. The maximum absolute atomic E-state index is 11.7. The number of aryl methyl sites for hydroxylation is 1. The van der Waals surface area contributed by atoms with Gasteiger partial charge < -0.3 is 14.8 Å². The van der Waals surface area contributed by atoms with Crippen molar-refractivity contribution in [2.45, 2.75) is 23.4 Å². The van der Waals surface area contributed by atoms with E-state index in [0.29, 0.717) is 18.0 Å². The molecule has 0 amide bonds. The third-order valence-electron chi connectivity index (χ3n) is 4.10. The number of aromatic nitrogens is 2. The zero-order valence-corrected chi connectivity index (χ0v) is 15.7. The Kier molecular flexibility index (Phi) is 4.98. The van der Waals surface area contributed by atoms with Gasteiger partial charge in [-0.1, -0.05) is 35.5 Å². The molecule has 2 heterocycles. The van der Waals surface area contributed by atoms with E-state index in [-0.39, 0.29) is 23.3 Å². The number of nitrogens with one attached hydrogen (secondary N) is 1. The van der Waals surface area contributed by atoms with E-state index in [1.807, 2.05) is 49.4 Å². The summed E-state index contributed by atoms with van der Waals surface area (Å²) in [5.74, 6) is 1.52. The lowest BCUT2D eigenvalue weighted by atomic mass is 10.2. The molecule has 142 valence electrons. The van der Waals surface area contributed by atoms with E-state index in [1.165, 1.54) is 18.1 Å². The third-order valence-corrected chi connectivity index (χ3v) is 5.10. The summed E-state index contributed by atoms with van der Waals surface area (Å²) in [6.45, 7) is 2.53. The Balaban J connectivity index is 1.56. The minimum atomic E-state index is -0.460. The van der Waals surface area contributed by atoms with Crippen molar-refractivity contribution in [3.8, 4) is 11.5 Å². The summed E-state index contributed by atoms with van der Waals surface area (Å²) in [4.78, 5) is 20.3. The Morgan fingerprint density at radius 2 is 1.93 bits per heavy atom. The number of hydrogen-bond donors (Lipinski definition) is 1. The predicted octanol–water partition coefficient (Wildman–Crippen LogP) is 4.19. The highest BCUT2D eigenvalue weighted by Gasteiger charge is 2.24. The fourth-order valence-electron chi connectivity index (χ4n) is 2.69. The van der Waals surface area contributed by atoms with Crippen LogP contribution in [0.2, 0.25) is 0 Å². The fourth-order valence-corrected chi connectivity index (χ4v) is 3.55. The molecule has 0 saturated heterocycles. The number of hydrogen-bond acceptors (Lipinski definition) is 8. The number of benzene rings is 2. The SMILES string of the molecule is Cc1ccc(Sc2ncnc(NCc3ccc4c(c3)OCO4)c2[N+](=O)[O-])cc1. The lowest BCUT2D eigenvalue weighted by Crippen LogP contribution is -2.06. The van der Waals surface area contributed by atoms with Gasteiger partial charge in [-0.2, -0.15) is 0 Å². The smallest absolute Gasteiger partial charge is 0.343 e. The molecule has 0 aliphatic carbocycles. The number of anilines is 1. The molecular formula is C19H16N4O4S. The number of rotatable bonds is 6. The summed E-state index contributed by atoms with van der Waals surface area (Å²) in [6.07, 6.45) is 1.32. The number of nitrogens with zero attached hydrogens (tertiary/aromatic N) is 3. The molecule has 1 aromatic heterocycles. The third kappa shape index (κ3) is 3.84. The number of ether oxygens (including phenoxy) is 2. The van der Waals surface area contributed by atoms with Crippen LogP contribution in [0, 0.1) is 17.0 Å². The first-order valence-electron chi connectivity index (χ1n) is 8.46. The summed E-state index contributed by atoms with van der Waals surface area (Å²) in [7, 11) is 0. The molecule has 2 aromatic carbocycles. The van der Waals surface area contributed by atoms with Crippen LogP contribution in [0.1, 0.15) is 11.1 Å². The van der Waals surface area contributed by atoms with Gasteiger partial charge >= 0.3 is 5.69 Å². The molecule has 0 saturated carbocycles. The van der Waals surface area contributed by atoms with E-state index in [1.54, 1.807) is 0 Å². The van der Waals surface area contributed by atoms with Crippen LogP contribution in [0.25, 0.3) is 0 Å².